The van der Waals surface area contributed by atoms with Gasteiger partial charge in [-0.1, -0.05) is 31.7 Å². The smallest absolute Gasteiger partial charge is 0.270 e. The van der Waals surface area contributed by atoms with Gasteiger partial charge in [0.2, 0.25) is 0 Å². The van der Waals surface area contributed by atoms with Crippen molar-refractivity contribution in [2.45, 2.75) is 43.6 Å². The summed E-state index contributed by atoms with van der Waals surface area (Å²) in [5.74, 6) is 0.552. The molecule has 1 aliphatic rings. The average molecular weight is 456 g/mol. The maximum atomic E-state index is 12.4. The predicted molar refractivity (Wildman–Crippen MR) is 123 cm³/mol. The number of amides is 1. The highest BCUT2D eigenvalue weighted by Crippen LogP contribution is 2.30. The number of anilines is 1. The van der Waals surface area contributed by atoms with Gasteiger partial charge in [-0.3, -0.25) is 14.9 Å². The lowest BCUT2D eigenvalue weighted by molar-refractivity contribution is -0.384. The highest BCUT2D eigenvalue weighted by atomic mass is 32.2. The number of hydrogen-bond donors (Lipinski definition) is 1. The van der Waals surface area contributed by atoms with Crippen LogP contribution in [0.5, 0.6) is 0 Å². The highest BCUT2D eigenvalue weighted by Gasteiger charge is 2.21. The molecule has 0 atom stereocenters. The van der Waals surface area contributed by atoms with Crippen LogP contribution >= 0.6 is 11.8 Å². The molecule has 1 aliphatic heterocycles. The molecule has 1 amide bonds. The third-order valence-corrected chi connectivity index (χ3v) is 6.00. The topological polar surface area (TPSA) is 119 Å². The first kappa shape index (κ1) is 22.0. The Kier molecular flexibility index (Phi) is 6.54. The number of nitro groups is 1. The van der Waals surface area contributed by atoms with Crippen molar-refractivity contribution in [3.63, 3.8) is 0 Å². The molecule has 32 heavy (non-hydrogen) atoms. The van der Waals surface area contributed by atoms with E-state index in [1.807, 2.05) is 0 Å². The minimum atomic E-state index is -0.517. The Hall–Kier alpha value is -3.21. The number of hydrogen-bond acceptors (Lipinski definition) is 8. The van der Waals surface area contributed by atoms with Crippen LogP contribution in [0, 0.1) is 10.1 Å². The largest absolute Gasteiger partial charge is 0.356 e. The number of carbonyl (C=O) groups excluding carboxylic acids is 1. The van der Waals surface area contributed by atoms with Crippen LogP contribution in [-0.4, -0.2) is 55.5 Å². The summed E-state index contributed by atoms with van der Waals surface area (Å²) in [5, 5.41) is 20.2. The van der Waals surface area contributed by atoms with Crippen LogP contribution < -0.4 is 10.2 Å². The van der Waals surface area contributed by atoms with Gasteiger partial charge in [-0.05, 0) is 18.9 Å². The number of benzene rings is 1. The Balaban J connectivity index is 1.51. The zero-order valence-electron chi connectivity index (χ0n) is 18.0. The van der Waals surface area contributed by atoms with Crippen molar-refractivity contribution in [1.29, 1.82) is 0 Å². The number of non-ortho nitro benzene ring substituents is 1. The van der Waals surface area contributed by atoms with E-state index in [1.54, 1.807) is 28.7 Å². The van der Waals surface area contributed by atoms with Gasteiger partial charge in [0.1, 0.15) is 5.82 Å². The minimum Gasteiger partial charge on any atom is -0.356 e. The molecule has 3 aromatic rings. The molecule has 0 spiro atoms. The van der Waals surface area contributed by atoms with E-state index in [-0.39, 0.29) is 17.2 Å². The van der Waals surface area contributed by atoms with Crippen LogP contribution in [0.3, 0.4) is 0 Å². The van der Waals surface area contributed by atoms with Crippen molar-refractivity contribution in [1.82, 2.24) is 25.1 Å². The van der Waals surface area contributed by atoms with Crippen LogP contribution in [0.15, 0.2) is 35.6 Å². The summed E-state index contributed by atoms with van der Waals surface area (Å²) < 4.78 is 1.77. The molecule has 2 aromatic heterocycles. The fourth-order valence-electron chi connectivity index (χ4n) is 3.66. The van der Waals surface area contributed by atoms with E-state index < -0.39 is 4.92 Å². The fraction of sp³-hybridized carbons (Fsp3) is 0.429. The summed E-state index contributed by atoms with van der Waals surface area (Å²) in [6, 6.07) is 5.68. The number of fused-ring (bicyclic) bond motifs is 1. The number of aromatic nitrogens is 4. The van der Waals surface area contributed by atoms with Crippen molar-refractivity contribution in [3.05, 3.63) is 46.1 Å². The van der Waals surface area contributed by atoms with Crippen LogP contribution in [-0.2, 0) is 6.54 Å². The third kappa shape index (κ3) is 4.82. The monoisotopic (exact) mass is 455 g/mol. The van der Waals surface area contributed by atoms with Gasteiger partial charge in [0.05, 0.1) is 23.1 Å². The first-order valence-corrected chi connectivity index (χ1v) is 11.5. The van der Waals surface area contributed by atoms with E-state index in [2.05, 4.69) is 29.2 Å². The summed E-state index contributed by atoms with van der Waals surface area (Å²) >= 11 is 1.61. The number of thioether (sulfide) groups is 1. The molecule has 4 rings (SSSR count). The normalized spacial score (nSPS) is 13.8. The maximum Gasteiger partial charge on any atom is 0.270 e. The van der Waals surface area contributed by atoms with Crippen molar-refractivity contribution >= 4 is 40.2 Å². The van der Waals surface area contributed by atoms with Gasteiger partial charge in [-0.2, -0.15) is 5.10 Å². The fourth-order valence-corrected chi connectivity index (χ4v) is 4.36. The lowest BCUT2D eigenvalue weighted by atomic mass is 10.2. The van der Waals surface area contributed by atoms with Gasteiger partial charge in [0.25, 0.3) is 11.6 Å². The van der Waals surface area contributed by atoms with Gasteiger partial charge < -0.3 is 10.2 Å². The molecule has 11 heteroatoms. The predicted octanol–water partition coefficient (Wildman–Crippen LogP) is 3.27. The Morgan fingerprint density at radius 1 is 1.28 bits per heavy atom. The minimum absolute atomic E-state index is 0.114. The van der Waals surface area contributed by atoms with Gasteiger partial charge in [0.15, 0.2) is 10.8 Å². The van der Waals surface area contributed by atoms with Gasteiger partial charge in [-0.15, -0.1) is 0 Å². The molecular formula is C21H25N7O3S. The number of rotatable bonds is 8. The van der Waals surface area contributed by atoms with E-state index in [4.69, 9.17) is 9.97 Å². The second-order valence-electron chi connectivity index (χ2n) is 7.86. The van der Waals surface area contributed by atoms with Crippen LogP contribution in [0.4, 0.5) is 11.5 Å². The second-order valence-corrected chi connectivity index (χ2v) is 9.40. The van der Waals surface area contributed by atoms with Gasteiger partial charge >= 0.3 is 0 Å². The molecule has 0 aliphatic carbocycles. The van der Waals surface area contributed by atoms with Crippen LogP contribution in [0.25, 0.3) is 11.0 Å². The van der Waals surface area contributed by atoms with E-state index in [0.717, 1.165) is 47.9 Å². The van der Waals surface area contributed by atoms with Crippen molar-refractivity contribution in [2.75, 3.05) is 24.5 Å². The molecule has 1 aromatic carbocycles. The molecule has 1 saturated heterocycles. The van der Waals surface area contributed by atoms with E-state index in [9.17, 15) is 14.9 Å². The number of nitrogens with zero attached hydrogens (tertiary/aromatic N) is 6. The van der Waals surface area contributed by atoms with Crippen LogP contribution in [0.1, 0.15) is 37.0 Å². The first-order valence-electron chi connectivity index (χ1n) is 10.6. The molecule has 3 heterocycles. The summed E-state index contributed by atoms with van der Waals surface area (Å²) in [6.45, 7) is 6.90. The first-order chi connectivity index (χ1) is 15.4. The molecule has 1 N–H and O–H groups in total. The quantitative estimate of drug-likeness (QED) is 0.238. The molecule has 0 bridgehead atoms. The zero-order chi connectivity index (χ0) is 22.7. The Labute approximate surface area is 189 Å². The summed E-state index contributed by atoms with van der Waals surface area (Å²) in [7, 11) is 0. The lowest BCUT2D eigenvalue weighted by Crippen LogP contribution is -2.27. The van der Waals surface area contributed by atoms with Crippen LogP contribution in [0.2, 0.25) is 0 Å². The number of nitro benzene ring substituents is 1. The summed E-state index contributed by atoms with van der Waals surface area (Å²) in [6.07, 6.45) is 4.08. The zero-order valence-corrected chi connectivity index (χ0v) is 18.8. The molecule has 0 saturated carbocycles. The van der Waals surface area contributed by atoms with Crippen molar-refractivity contribution < 1.29 is 9.72 Å². The molecule has 10 nitrogen and oxygen atoms in total. The molecular weight excluding hydrogens is 430 g/mol. The average Bonchev–Trinajstić information content (AvgIpc) is 3.43. The maximum absolute atomic E-state index is 12.4. The lowest BCUT2D eigenvalue weighted by Gasteiger charge is -2.18. The van der Waals surface area contributed by atoms with Crippen molar-refractivity contribution in [2.24, 2.45) is 0 Å². The van der Waals surface area contributed by atoms with Gasteiger partial charge in [0, 0.05) is 42.6 Å². The van der Waals surface area contributed by atoms with E-state index in [0.29, 0.717) is 18.3 Å². The Morgan fingerprint density at radius 2 is 2.06 bits per heavy atom. The summed E-state index contributed by atoms with van der Waals surface area (Å²) in [5.41, 5.74) is 0.880. The Bertz CT molecular complexity index is 1140. The van der Waals surface area contributed by atoms with Crippen molar-refractivity contribution in [3.8, 4) is 0 Å². The molecule has 1 fully saturated rings. The third-order valence-electron chi connectivity index (χ3n) is 5.13. The molecule has 168 valence electrons. The summed E-state index contributed by atoms with van der Waals surface area (Å²) in [4.78, 5) is 34.7. The highest BCUT2D eigenvalue weighted by molar-refractivity contribution is 7.99. The number of nitrogens with one attached hydrogen (secondary N) is 1. The molecule has 0 radical (unpaired) electrons. The standard InChI is InChI=1S/C21H25N7O3S/c1-14(2)32-21-24-18(26-9-3-4-10-26)17-13-23-27(19(17)25-21)11-8-22-20(29)15-6-5-7-16(12-15)28(30)31/h5-7,12-14H,3-4,8-11H2,1-2H3,(H,22,29). The molecule has 0 unspecified atom stereocenters. The van der Waals surface area contributed by atoms with Gasteiger partial charge in [-0.25, -0.2) is 14.6 Å². The van der Waals surface area contributed by atoms with E-state index >= 15 is 0 Å². The Morgan fingerprint density at radius 3 is 2.78 bits per heavy atom. The van der Waals surface area contributed by atoms with E-state index in [1.165, 1.54) is 18.2 Å². The second kappa shape index (κ2) is 9.51. The number of carbonyl (C=O) groups is 1. The SMILES string of the molecule is CC(C)Sc1nc(N2CCCC2)c2cnn(CCNC(=O)c3cccc([N+](=O)[O-])c3)c2n1.